The summed E-state index contributed by atoms with van der Waals surface area (Å²) >= 11 is 0. The van der Waals surface area contributed by atoms with Crippen molar-refractivity contribution in [2.45, 2.75) is 12.5 Å². The number of aliphatic hydroxyl groups excluding tert-OH is 1. The van der Waals surface area contributed by atoms with Crippen molar-refractivity contribution in [3.63, 3.8) is 0 Å². The Morgan fingerprint density at radius 2 is 1.70 bits per heavy atom. The van der Waals surface area contributed by atoms with E-state index in [4.69, 9.17) is 4.74 Å². The van der Waals surface area contributed by atoms with Crippen LogP contribution in [0.3, 0.4) is 0 Å². The van der Waals surface area contributed by atoms with Crippen LogP contribution in [0.15, 0.2) is 42.5 Å². The van der Waals surface area contributed by atoms with Crippen molar-refractivity contribution < 1.29 is 28.5 Å². The molecular weight excluding hydrogens is 372 g/mol. The molecule has 0 fully saturated rings. The topological polar surface area (TPSA) is 128 Å². The quantitative estimate of drug-likeness (QED) is 0.380. The molecule has 0 spiro atoms. The zero-order valence-corrected chi connectivity index (χ0v) is 15.7. The van der Waals surface area contributed by atoms with E-state index in [1.165, 1.54) is 6.07 Å². The van der Waals surface area contributed by atoms with E-state index in [0.29, 0.717) is 30.9 Å². The summed E-state index contributed by atoms with van der Waals surface area (Å²) in [6.45, 7) is 0.961. The fraction of sp³-hybridized carbons (Fsp3) is 0.333. The molecule has 0 saturated heterocycles. The number of anilines is 1. The number of sulfonamides is 1. The molecule has 8 nitrogen and oxygen atoms in total. The Hall–Kier alpha value is -2.49. The average Bonchev–Trinajstić information content (AvgIpc) is 2.56. The Morgan fingerprint density at radius 1 is 1.07 bits per heavy atom. The molecule has 0 amide bonds. The lowest BCUT2D eigenvalue weighted by atomic mass is 10.1. The average molecular weight is 396 g/mol. The van der Waals surface area contributed by atoms with E-state index in [9.17, 15) is 23.7 Å². The molecule has 0 aliphatic rings. The molecule has 0 aromatic heterocycles. The van der Waals surface area contributed by atoms with E-state index >= 15 is 0 Å². The third-order valence-corrected chi connectivity index (χ3v) is 4.14. The lowest BCUT2D eigenvalue weighted by Gasteiger charge is -2.14. The van der Waals surface area contributed by atoms with Crippen LogP contribution in [-0.4, -0.2) is 55.8 Å². The van der Waals surface area contributed by atoms with Gasteiger partial charge in [-0.2, -0.15) is 0 Å². The highest BCUT2D eigenvalue weighted by Crippen LogP contribution is 2.20. The maximum Gasteiger partial charge on any atom is 0.229 e. The van der Waals surface area contributed by atoms with Crippen molar-refractivity contribution in [3.05, 3.63) is 48.0 Å². The molecule has 0 saturated carbocycles. The van der Waals surface area contributed by atoms with Crippen molar-refractivity contribution in [2.75, 3.05) is 30.7 Å². The molecule has 27 heavy (non-hydrogen) atoms. The van der Waals surface area contributed by atoms with Crippen LogP contribution in [-0.2, 0) is 16.4 Å². The van der Waals surface area contributed by atoms with Crippen LogP contribution in [0.1, 0.15) is 5.56 Å². The Kier molecular flexibility index (Phi) is 7.28. The SMILES string of the molecule is CS(=O)(=O)Nc1ccc(OC[C@@H](O)CNCCc2cc(O)cc(O)c2)cc1. The smallest absolute Gasteiger partial charge is 0.229 e. The summed E-state index contributed by atoms with van der Waals surface area (Å²) < 4.78 is 30.1. The highest BCUT2D eigenvalue weighted by Gasteiger charge is 2.06. The molecule has 2 aromatic rings. The Morgan fingerprint density at radius 3 is 2.30 bits per heavy atom. The first-order chi connectivity index (χ1) is 12.7. The van der Waals surface area contributed by atoms with Crippen LogP contribution >= 0.6 is 0 Å². The predicted octanol–water partition coefficient (Wildman–Crippen LogP) is 1.04. The third kappa shape index (κ3) is 8.16. The van der Waals surface area contributed by atoms with E-state index in [1.54, 1.807) is 36.4 Å². The molecule has 2 aromatic carbocycles. The summed E-state index contributed by atoms with van der Waals surface area (Å²) in [5.41, 5.74) is 1.22. The molecule has 5 N–H and O–H groups in total. The van der Waals surface area contributed by atoms with Crippen molar-refractivity contribution in [2.24, 2.45) is 0 Å². The van der Waals surface area contributed by atoms with E-state index in [-0.39, 0.29) is 18.1 Å². The van der Waals surface area contributed by atoms with Gasteiger partial charge in [0.2, 0.25) is 10.0 Å². The van der Waals surface area contributed by atoms with Crippen molar-refractivity contribution in [1.82, 2.24) is 5.32 Å². The number of phenols is 2. The molecule has 0 heterocycles. The van der Waals surface area contributed by atoms with Crippen LogP contribution in [0.5, 0.6) is 17.2 Å². The molecule has 0 unspecified atom stereocenters. The summed E-state index contributed by atoms with van der Waals surface area (Å²) in [5.74, 6) is 0.538. The first kappa shape index (κ1) is 20.8. The number of ether oxygens (including phenoxy) is 1. The Bertz CT molecular complexity index is 819. The van der Waals surface area contributed by atoms with Gasteiger partial charge in [-0.3, -0.25) is 4.72 Å². The van der Waals surface area contributed by atoms with Gasteiger partial charge in [-0.05, 0) is 54.9 Å². The number of benzene rings is 2. The van der Waals surface area contributed by atoms with E-state index in [0.717, 1.165) is 11.8 Å². The molecule has 0 aliphatic heterocycles. The van der Waals surface area contributed by atoms with Crippen molar-refractivity contribution in [3.8, 4) is 17.2 Å². The summed E-state index contributed by atoms with van der Waals surface area (Å²) in [6.07, 6.45) is 0.935. The molecule has 0 bridgehead atoms. The lowest BCUT2D eigenvalue weighted by Crippen LogP contribution is -2.32. The first-order valence-corrected chi connectivity index (χ1v) is 10.2. The van der Waals surface area contributed by atoms with E-state index < -0.39 is 16.1 Å². The molecule has 0 aliphatic carbocycles. The van der Waals surface area contributed by atoms with Gasteiger partial charge in [-0.25, -0.2) is 8.42 Å². The third-order valence-electron chi connectivity index (χ3n) is 3.53. The highest BCUT2D eigenvalue weighted by molar-refractivity contribution is 7.92. The molecule has 0 radical (unpaired) electrons. The normalized spacial score (nSPS) is 12.5. The molecular formula is C18H24N2O6S. The van der Waals surface area contributed by atoms with Gasteiger partial charge >= 0.3 is 0 Å². The van der Waals surface area contributed by atoms with Crippen LogP contribution in [0.4, 0.5) is 5.69 Å². The number of phenolic OH excluding ortho intramolecular Hbond substituents is 2. The number of aromatic hydroxyl groups is 2. The molecule has 9 heteroatoms. The summed E-state index contributed by atoms with van der Waals surface area (Å²) in [5, 5.41) is 31.9. The summed E-state index contributed by atoms with van der Waals surface area (Å²) in [6, 6.07) is 10.8. The van der Waals surface area contributed by atoms with Crippen LogP contribution in [0.25, 0.3) is 0 Å². The predicted molar refractivity (Wildman–Crippen MR) is 103 cm³/mol. The largest absolute Gasteiger partial charge is 0.508 e. The van der Waals surface area contributed by atoms with Gasteiger partial charge in [0.15, 0.2) is 0 Å². The van der Waals surface area contributed by atoms with Gasteiger partial charge in [0.05, 0.1) is 6.26 Å². The summed E-state index contributed by atoms with van der Waals surface area (Å²) in [4.78, 5) is 0. The molecule has 148 valence electrons. The number of hydrogen-bond donors (Lipinski definition) is 5. The Labute approximate surface area is 158 Å². The maximum atomic E-state index is 11.1. The minimum absolute atomic E-state index is 0.0104. The monoisotopic (exact) mass is 396 g/mol. The van der Waals surface area contributed by atoms with Gasteiger partial charge in [0.1, 0.15) is 30.0 Å². The zero-order chi connectivity index (χ0) is 19.9. The van der Waals surface area contributed by atoms with Gasteiger partial charge in [0.25, 0.3) is 0 Å². The van der Waals surface area contributed by atoms with Gasteiger partial charge in [-0.15, -0.1) is 0 Å². The lowest BCUT2D eigenvalue weighted by molar-refractivity contribution is 0.106. The number of rotatable bonds is 10. The number of hydrogen-bond acceptors (Lipinski definition) is 7. The van der Waals surface area contributed by atoms with Crippen molar-refractivity contribution >= 4 is 15.7 Å². The minimum Gasteiger partial charge on any atom is -0.508 e. The minimum atomic E-state index is -3.32. The molecule has 2 rings (SSSR count). The van der Waals surface area contributed by atoms with Crippen molar-refractivity contribution in [1.29, 1.82) is 0 Å². The second kappa shape index (κ2) is 9.45. The van der Waals surface area contributed by atoms with Crippen LogP contribution in [0, 0.1) is 0 Å². The molecule has 1 atom stereocenters. The zero-order valence-electron chi connectivity index (χ0n) is 14.9. The number of nitrogens with one attached hydrogen (secondary N) is 2. The van der Waals surface area contributed by atoms with Crippen LogP contribution in [0.2, 0.25) is 0 Å². The highest BCUT2D eigenvalue weighted by atomic mass is 32.2. The second-order valence-electron chi connectivity index (χ2n) is 6.18. The maximum absolute atomic E-state index is 11.1. The standard InChI is InChI=1S/C18H24N2O6S/c1-27(24,25)20-14-2-4-18(5-3-14)26-12-17(23)11-19-7-6-13-8-15(21)10-16(22)9-13/h2-5,8-10,17,19-23H,6-7,11-12H2,1H3/t17-/m0/s1. The van der Waals surface area contributed by atoms with Gasteiger partial charge in [-0.1, -0.05) is 0 Å². The van der Waals surface area contributed by atoms with Crippen LogP contribution < -0.4 is 14.8 Å². The first-order valence-electron chi connectivity index (χ1n) is 8.32. The van der Waals surface area contributed by atoms with E-state index in [2.05, 4.69) is 10.0 Å². The summed E-state index contributed by atoms with van der Waals surface area (Å²) in [7, 11) is -3.32. The van der Waals surface area contributed by atoms with Gasteiger partial charge < -0.3 is 25.4 Å². The fourth-order valence-electron chi connectivity index (χ4n) is 2.39. The number of aliphatic hydroxyl groups is 1. The second-order valence-corrected chi connectivity index (χ2v) is 7.92. The Balaban J connectivity index is 1.67. The van der Waals surface area contributed by atoms with Gasteiger partial charge in [0, 0.05) is 18.3 Å². The fourth-order valence-corrected chi connectivity index (χ4v) is 2.95. The van der Waals surface area contributed by atoms with E-state index in [1.807, 2.05) is 0 Å².